The Morgan fingerprint density at radius 3 is 2.64 bits per heavy atom. The number of hydrogen-bond donors (Lipinski definition) is 4. The number of benzene rings is 2. The van der Waals surface area contributed by atoms with Crippen molar-refractivity contribution >= 4 is 40.8 Å². The Hall–Kier alpha value is -2.13. The van der Waals surface area contributed by atoms with E-state index in [1.807, 2.05) is 25.3 Å². The predicted molar refractivity (Wildman–Crippen MR) is 123 cm³/mol. The quantitative estimate of drug-likeness (QED) is 0.229. The van der Waals surface area contributed by atoms with Crippen molar-refractivity contribution in [1.82, 2.24) is 15.6 Å². The van der Waals surface area contributed by atoms with E-state index in [1.165, 1.54) is 23.1 Å². The van der Waals surface area contributed by atoms with Crippen molar-refractivity contribution in [3.63, 3.8) is 0 Å². The minimum absolute atomic E-state index is 0. The van der Waals surface area contributed by atoms with E-state index >= 15 is 0 Å². The molecule has 1 heterocycles. The smallest absolute Gasteiger partial charge is 0.191 e. The number of hydrogen-bond acceptors (Lipinski definition) is 2. The van der Waals surface area contributed by atoms with Crippen LogP contribution < -0.4 is 10.6 Å². The summed E-state index contributed by atoms with van der Waals surface area (Å²) >= 11 is 0. The molecule has 0 aliphatic carbocycles. The average molecular weight is 496 g/mol. The number of aliphatic hydroxyl groups excluding tert-OH is 1. The first-order valence-electron chi connectivity index (χ1n) is 9.18. The van der Waals surface area contributed by atoms with E-state index in [4.69, 9.17) is 0 Å². The van der Waals surface area contributed by atoms with Gasteiger partial charge in [-0.25, -0.2) is 4.39 Å². The fourth-order valence-corrected chi connectivity index (χ4v) is 2.96. The van der Waals surface area contributed by atoms with E-state index in [-0.39, 0.29) is 36.3 Å². The van der Waals surface area contributed by atoms with E-state index in [0.29, 0.717) is 11.5 Å². The molecule has 5 nitrogen and oxygen atoms in total. The van der Waals surface area contributed by atoms with Gasteiger partial charge in [-0.05, 0) is 42.7 Å². The summed E-state index contributed by atoms with van der Waals surface area (Å²) in [5.74, 6) is 0.334. The third kappa shape index (κ3) is 5.93. The molecule has 3 aromatic rings. The number of aliphatic hydroxyl groups is 1. The number of H-pyrrole nitrogens is 1. The van der Waals surface area contributed by atoms with Gasteiger partial charge in [0.2, 0.25) is 0 Å². The highest BCUT2D eigenvalue weighted by Gasteiger charge is 2.08. The van der Waals surface area contributed by atoms with Crippen LogP contribution in [0.15, 0.2) is 59.7 Å². The minimum Gasteiger partial charge on any atom is -0.386 e. The van der Waals surface area contributed by atoms with Gasteiger partial charge in [-0.1, -0.05) is 30.3 Å². The Kier molecular flexibility index (Phi) is 8.72. The summed E-state index contributed by atoms with van der Waals surface area (Å²) in [5.41, 5.74) is 3.03. The molecule has 1 unspecified atom stereocenters. The number of aromatic amines is 1. The molecule has 28 heavy (non-hydrogen) atoms. The van der Waals surface area contributed by atoms with Gasteiger partial charge in [0.05, 0.1) is 12.6 Å². The van der Waals surface area contributed by atoms with E-state index in [9.17, 15) is 9.50 Å². The first-order chi connectivity index (χ1) is 13.2. The zero-order chi connectivity index (χ0) is 19.1. The first-order valence-corrected chi connectivity index (χ1v) is 9.18. The molecule has 0 amide bonds. The third-order valence-electron chi connectivity index (χ3n) is 4.38. The number of halogens is 2. The summed E-state index contributed by atoms with van der Waals surface area (Å²) in [6.45, 7) is 3.65. The standard InChI is InChI=1S/C21H25FN4O.HI/c1-2-23-21(26-14-20(27)15-7-9-17(22)10-8-15)24-12-11-16-13-25-19-6-4-3-5-18(16)19;/h3-10,13,20,25,27H,2,11-12,14H2,1H3,(H2,23,24,26);1H. The van der Waals surface area contributed by atoms with Gasteiger partial charge in [0.25, 0.3) is 0 Å². The van der Waals surface area contributed by atoms with Gasteiger partial charge in [0.1, 0.15) is 5.82 Å². The molecule has 3 rings (SSSR count). The SMILES string of the molecule is CCNC(=NCC(O)c1ccc(F)cc1)NCCc1c[nH]c2ccccc12.I. The van der Waals surface area contributed by atoms with Crippen LogP contribution in [0.4, 0.5) is 4.39 Å². The Balaban J connectivity index is 0.00000280. The number of aliphatic imine (C=N–C) groups is 1. The molecule has 2 aromatic carbocycles. The van der Waals surface area contributed by atoms with E-state index < -0.39 is 6.10 Å². The number of rotatable bonds is 7. The highest BCUT2D eigenvalue weighted by Crippen LogP contribution is 2.17. The molecular formula is C21H26FIN4O. The lowest BCUT2D eigenvalue weighted by Gasteiger charge is -2.13. The number of para-hydroxylation sites is 1. The van der Waals surface area contributed by atoms with Crippen molar-refractivity contribution in [3.05, 3.63) is 71.7 Å². The number of nitrogens with zero attached hydrogens (tertiary/aromatic N) is 1. The third-order valence-corrected chi connectivity index (χ3v) is 4.38. The second kappa shape index (κ2) is 11.0. The molecule has 0 aliphatic heterocycles. The molecule has 0 fully saturated rings. The van der Waals surface area contributed by atoms with Gasteiger partial charge in [0, 0.05) is 30.2 Å². The topological polar surface area (TPSA) is 72.4 Å². The Labute approximate surface area is 181 Å². The second-order valence-corrected chi connectivity index (χ2v) is 6.32. The zero-order valence-corrected chi connectivity index (χ0v) is 18.1. The predicted octanol–water partition coefficient (Wildman–Crippen LogP) is 3.76. The molecule has 0 bridgehead atoms. The molecule has 0 aliphatic rings. The monoisotopic (exact) mass is 496 g/mol. The minimum atomic E-state index is -0.769. The van der Waals surface area contributed by atoms with Crippen LogP contribution in [0.2, 0.25) is 0 Å². The molecule has 0 spiro atoms. The van der Waals surface area contributed by atoms with Gasteiger partial charge < -0.3 is 20.7 Å². The van der Waals surface area contributed by atoms with E-state index in [0.717, 1.165) is 25.0 Å². The first kappa shape index (κ1) is 22.2. The lowest BCUT2D eigenvalue weighted by molar-refractivity contribution is 0.187. The molecule has 0 saturated carbocycles. The van der Waals surface area contributed by atoms with Crippen molar-refractivity contribution in [2.24, 2.45) is 4.99 Å². The maximum Gasteiger partial charge on any atom is 0.191 e. The van der Waals surface area contributed by atoms with Crippen LogP contribution in [-0.4, -0.2) is 35.7 Å². The van der Waals surface area contributed by atoms with Gasteiger partial charge in [0.15, 0.2) is 5.96 Å². The largest absolute Gasteiger partial charge is 0.386 e. The van der Waals surface area contributed by atoms with Crippen molar-refractivity contribution in [3.8, 4) is 0 Å². The number of fused-ring (bicyclic) bond motifs is 1. The fraction of sp³-hybridized carbons (Fsp3) is 0.286. The molecule has 0 saturated heterocycles. The fourth-order valence-electron chi connectivity index (χ4n) is 2.96. The Morgan fingerprint density at radius 1 is 1.14 bits per heavy atom. The number of nitrogens with one attached hydrogen (secondary N) is 3. The summed E-state index contributed by atoms with van der Waals surface area (Å²) in [6.07, 6.45) is 2.12. The summed E-state index contributed by atoms with van der Waals surface area (Å²) in [7, 11) is 0. The van der Waals surface area contributed by atoms with Crippen molar-refractivity contribution in [2.45, 2.75) is 19.4 Å². The molecule has 1 atom stereocenters. The highest BCUT2D eigenvalue weighted by molar-refractivity contribution is 14.0. The van der Waals surface area contributed by atoms with Crippen LogP contribution in [0.1, 0.15) is 24.2 Å². The van der Waals surface area contributed by atoms with Gasteiger partial charge in [-0.15, -0.1) is 24.0 Å². The average Bonchev–Trinajstić information content (AvgIpc) is 3.09. The van der Waals surface area contributed by atoms with Crippen molar-refractivity contribution in [1.29, 1.82) is 0 Å². The van der Waals surface area contributed by atoms with Crippen LogP contribution in [0.3, 0.4) is 0 Å². The molecule has 4 N–H and O–H groups in total. The summed E-state index contributed by atoms with van der Waals surface area (Å²) in [4.78, 5) is 7.72. The summed E-state index contributed by atoms with van der Waals surface area (Å²) in [5, 5.41) is 17.9. The van der Waals surface area contributed by atoms with Crippen LogP contribution in [0.25, 0.3) is 10.9 Å². The molecular weight excluding hydrogens is 470 g/mol. The van der Waals surface area contributed by atoms with Crippen LogP contribution in [0, 0.1) is 5.82 Å². The van der Waals surface area contributed by atoms with E-state index in [1.54, 1.807) is 12.1 Å². The highest BCUT2D eigenvalue weighted by atomic mass is 127. The lowest BCUT2D eigenvalue weighted by Crippen LogP contribution is -2.38. The van der Waals surface area contributed by atoms with Crippen LogP contribution in [-0.2, 0) is 6.42 Å². The zero-order valence-electron chi connectivity index (χ0n) is 15.8. The molecule has 150 valence electrons. The lowest BCUT2D eigenvalue weighted by atomic mass is 10.1. The van der Waals surface area contributed by atoms with Crippen molar-refractivity contribution < 1.29 is 9.50 Å². The molecule has 1 aromatic heterocycles. The Morgan fingerprint density at radius 2 is 1.89 bits per heavy atom. The van der Waals surface area contributed by atoms with Crippen LogP contribution in [0.5, 0.6) is 0 Å². The molecule has 7 heteroatoms. The summed E-state index contributed by atoms with van der Waals surface area (Å²) in [6, 6.07) is 14.1. The maximum absolute atomic E-state index is 13.0. The van der Waals surface area contributed by atoms with Gasteiger partial charge >= 0.3 is 0 Å². The Bertz CT molecular complexity index is 895. The van der Waals surface area contributed by atoms with Gasteiger partial charge in [-0.2, -0.15) is 0 Å². The maximum atomic E-state index is 13.0. The van der Waals surface area contributed by atoms with Gasteiger partial charge in [-0.3, -0.25) is 4.99 Å². The van der Waals surface area contributed by atoms with Crippen molar-refractivity contribution in [2.75, 3.05) is 19.6 Å². The second-order valence-electron chi connectivity index (χ2n) is 6.32. The summed E-state index contributed by atoms with van der Waals surface area (Å²) < 4.78 is 13.0. The van der Waals surface area contributed by atoms with E-state index in [2.05, 4.69) is 32.7 Å². The number of guanidine groups is 1. The normalized spacial score (nSPS) is 12.5. The molecule has 0 radical (unpaired) electrons. The van der Waals surface area contributed by atoms with Crippen LogP contribution >= 0.6 is 24.0 Å². The number of aromatic nitrogens is 1.